The molecule has 1 rings (SSSR count). The van der Waals surface area contributed by atoms with E-state index in [0.29, 0.717) is 19.4 Å². The number of carbonyl (C=O) groups excluding carboxylic acids is 1. The van der Waals surface area contributed by atoms with Crippen molar-refractivity contribution >= 4 is 12.0 Å². The zero-order valence-corrected chi connectivity index (χ0v) is 11.4. The standard InChI is InChI=1S/C12H23N3O4/c1-2-3-10(11(16)17)14-12(18)13-4-5-15-6-8-19-9-7-15/h10H,2-9H2,1H3,(H,16,17)(H2,13,14,18)/t10-/m1/s1. The van der Waals surface area contributed by atoms with Crippen LogP contribution in [0.1, 0.15) is 19.8 Å². The summed E-state index contributed by atoms with van der Waals surface area (Å²) < 4.78 is 5.23. The second kappa shape index (κ2) is 8.71. The lowest BCUT2D eigenvalue weighted by Gasteiger charge is -2.26. The predicted octanol–water partition coefficient (Wildman–Crippen LogP) is -0.129. The zero-order chi connectivity index (χ0) is 14.1. The molecule has 19 heavy (non-hydrogen) atoms. The number of carbonyl (C=O) groups is 2. The maximum absolute atomic E-state index is 11.5. The van der Waals surface area contributed by atoms with E-state index in [2.05, 4.69) is 15.5 Å². The van der Waals surface area contributed by atoms with Crippen molar-refractivity contribution in [1.82, 2.24) is 15.5 Å². The highest BCUT2D eigenvalue weighted by atomic mass is 16.5. The Bertz CT molecular complexity index is 293. The molecule has 0 bridgehead atoms. The van der Waals surface area contributed by atoms with Gasteiger partial charge in [-0.25, -0.2) is 9.59 Å². The van der Waals surface area contributed by atoms with E-state index in [-0.39, 0.29) is 0 Å². The molecule has 7 nitrogen and oxygen atoms in total. The van der Waals surface area contributed by atoms with Gasteiger partial charge in [-0.2, -0.15) is 0 Å². The maximum Gasteiger partial charge on any atom is 0.326 e. The molecular formula is C12H23N3O4. The summed E-state index contributed by atoms with van der Waals surface area (Å²) in [7, 11) is 0. The average molecular weight is 273 g/mol. The number of carboxylic acids is 1. The van der Waals surface area contributed by atoms with Gasteiger partial charge in [0.15, 0.2) is 0 Å². The summed E-state index contributed by atoms with van der Waals surface area (Å²) in [6.07, 6.45) is 1.15. The summed E-state index contributed by atoms with van der Waals surface area (Å²) in [6.45, 7) is 6.34. The van der Waals surface area contributed by atoms with E-state index in [1.165, 1.54) is 0 Å². The first-order chi connectivity index (χ1) is 9.13. The largest absolute Gasteiger partial charge is 0.480 e. The number of aliphatic carboxylic acids is 1. The summed E-state index contributed by atoms with van der Waals surface area (Å²) in [5.74, 6) is -0.995. The Balaban J connectivity index is 2.17. The Kier molecular flexibility index (Phi) is 7.20. The zero-order valence-electron chi connectivity index (χ0n) is 11.4. The Morgan fingerprint density at radius 1 is 1.37 bits per heavy atom. The Hall–Kier alpha value is -1.34. The highest BCUT2D eigenvalue weighted by Crippen LogP contribution is 1.97. The van der Waals surface area contributed by atoms with E-state index < -0.39 is 18.0 Å². The van der Waals surface area contributed by atoms with Crippen LogP contribution in [-0.2, 0) is 9.53 Å². The Morgan fingerprint density at radius 2 is 2.05 bits per heavy atom. The first-order valence-corrected chi connectivity index (χ1v) is 6.70. The van der Waals surface area contributed by atoms with Crippen molar-refractivity contribution in [1.29, 1.82) is 0 Å². The van der Waals surface area contributed by atoms with Crippen LogP contribution >= 0.6 is 0 Å². The molecule has 0 saturated carbocycles. The molecule has 1 fully saturated rings. The number of morpholine rings is 1. The molecule has 0 aromatic rings. The van der Waals surface area contributed by atoms with Crippen molar-refractivity contribution in [2.45, 2.75) is 25.8 Å². The molecule has 1 saturated heterocycles. The molecule has 0 spiro atoms. The third-order valence-corrected chi connectivity index (χ3v) is 3.00. The summed E-state index contributed by atoms with van der Waals surface area (Å²) in [5.41, 5.74) is 0. The highest BCUT2D eigenvalue weighted by molar-refractivity contribution is 5.82. The molecule has 0 radical (unpaired) electrons. The molecule has 1 atom stereocenters. The van der Waals surface area contributed by atoms with Crippen LogP contribution in [0.2, 0.25) is 0 Å². The molecule has 0 aliphatic carbocycles. The Morgan fingerprint density at radius 3 is 2.63 bits per heavy atom. The van der Waals surface area contributed by atoms with E-state index in [1.54, 1.807) is 0 Å². The highest BCUT2D eigenvalue weighted by Gasteiger charge is 2.18. The van der Waals surface area contributed by atoms with Crippen LogP contribution in [-0.4, -0.2) is 67.4 Å². The van der Waals surface area contributed by atoms with Gasteiger partial charge in [-0.05, 0) is 6.42 Å². The molecule has 0 aromatic carbocycles. The topological polar surface area (TPSA) is 90.9 Å². The number of amides is 2. The van der Waals surface area contributed by atoms with Gasteiger partial charge in [-0.15, -0.1) is 0 Å². The lowest BCUT2D eigenvalue weighted by atomic mass is 10.2. The fourth-order valence-electron chi connectivity index (χ4n) is 1.91. The van der Waals surface area contributed by atoms with Gasteiger partial charge in [-0.3, -0.25) is 4.90 Å². The smallest absolute Gasteiger partial charge is 0.326 e. The van der Waals surface area contributed by atoms with Crippen molar-refractivity contribution in [3.63, 3.8) is 0 Å². The molecule has 1 aliphatic heterocycles. The monoisotopic (exact) mass is 273 g/mol. The third kappa shape index (κ3) is 6.40. The number of urea groups is 1. The molecule has 3 N–H and O–H groups in total. The number of hydrogen-bond donors (Lipinski definition) is 3. The lowest BCUT2D eigenvalue weighted by Crippen LogP contribution is -2.48. The van der Waals surface area contributed by atoms with Crippen LogP contribution in [0.15, 0.2) is 0 Å². The van der Waals surface area contributed by atoms with Gasteiger partial charge in [0, 0.05) is 26.2 Å². The minimum atomic E-state index is -0.995. The SMILES string of the molecule is CCC[C@@H](NC(=O)NCCN1CCOCC1)C(=O)O. The van der Waals surface area contributed by atoms with Crippen molar-refractivity contribution < 1.29 is 19.4 Å². The van der Waals surface area contributed by atoms with Crippen molar-refractivity contribution in [2.24, 2.45) is 0 Å². The molecule has 0 aromatic heterocycles. The van der Waals surface area contributed by atoms with Gasteiger partial charge in [-0.1, -0.05) is 13.3 Å². The van der Waals surface area contributed by atoms with Crippen LogP contribution in [0.25, 0.3) is 0 Å². The summed E-state index contributed by atoms with van der Waals surface area (Å²) in [4.78, 5) is 24.6. The number of ether oxygens (including phenoxy) is 1. The number of carboxylic acid groups (broad SMARTS) is 1. The van der Waals surface area contributed by atoms with Crippen LogP contribution < -0.4 is 10.6 Å². The van der Waals surface area contributed by atoms with Gasteiger partial charge in [0.1, 0.15) is 6.04 Å². The molecule has 2 amide bonds. The van der Waals surface area contributed by atoms with Gasteiger partial charge in [0.25, 0.3) is 0 Å². The van der Waals surface area contributed by atoms with E-state index in [1.807, 2.05) is 6.92 Å². The second-order valence-electron chi connectivity index (χ2n) is 4.53. The first kappa shape index (κ1) is 15.7. The minimum Gasteiger partial charge on any atom is -0.480 e. The number of rotatable bonds is 7. The molecule has 1 heterocycles. The summed E-state index contributed by atoms with van der Waals surface area (Å²) >= 11 is 0. The normalized spacial score (nSPS) is 17.7. The molecule has 7 heteroatoms. The number of hydrogen-bond acceptors (Lipinski definition) is 4. The fourth-order valence-corrected chi connectivity index (χ4v) is 1.91. The molecular weight excluding hydrogens is 250 g/mol. The van der Waals surface area contributed by atoms with E-state index in [4.69, 9.17) is 9.84 Å². The van der Waals surface area contributed by atoms with E-state index in [9.17, 15) is 9.59 Å². The predicted molar refractivity (Wildman–Crippen MR) is 70.1 cm³/mol. The van der Waals surface area contributed by atoms with Gasteiger partial charge < -0.3 is 20.5 Å². The molecule has 110 valence electrons. The summed E-state index contributed by atoms with van der Waals surface area (Å²) in [5, 5.41) is 14.1. The Labute approximate surface area is 113 Å². The van der Waals surface area contributed by atoms with Crippen molar-refractivity contribution in [3.05, 3.63) is 0 Å². The van der Waals surface area contributed by atoms with E-state index >= 15 is 0 Å². The lowest BCUT2D eigenvalue weighted by molar-refractivity contribution is -0.139. The minimum absolute atomic E-state index is 0.422. The summed E-state index contributed by atoms with van der Waals surface area (Å²) in [6, 6.07) is -1.23. The number of nitrogens with zero attached hydrogens (tertiary/aromatic N) is 1. The van der Waals surface area contributed by atoms with Crippen LogP contribution in [0.4, 0.5) is 4.79 Å². The van der Waals surface area contributed by atoms with Crippen LogP contribution in [0.5, 0.6) is 0 Å². The van der Waals surface area contributed by atoms with E-state index in [0.717, 1.165) is 32.8 Å². The number of nitrogens with one attached hydrogen (secondary N) is 2. The van der Waals surface area contributed by atoms with Crippen LogP contribution in [0.3, 0.4) is 0 Å². The van der Waals surface area contributed by atoms with Crippen LogP contribution in [0, 0.1) is 0 Å². The van der Waals surface area contributed by atoms with Gasteiger partial charge >= 0.3 is 12.0 Å². The first-order valence-electron chi connectivity index (χ1n) is 6.70. The fraction of sp³-hybridized carbons (Fsp3) is 0.833. The third-order valence-electron chi connectivity index (χ3n) is 3.00. The second-order valence-corrected chi connectivity index (χ2v) is 4.53. The van der Waals surface area contributed by atoms with Crippen molar-refractivity contribution in [3.8, 4) is 0 Å². The van der Waals surface area contributed by atoms with Gasteiger partial charge in [0.2, 0.25) is 0 Å². The van der Waals surface area contributed by atoms with Crippen molar-refractivity contribution in [2.75, 3.05) is 39.4 Å². The quantitative estimate of drug-likeness (QED) is 0.601. The van der Waals surface area contributed by atoms with Gasteiger partial charge in [0.05, 0.1) is 13.2 Å². The molecule has 1 aliphatic rings. The average Bonchev–Trinajstić information content (AvgIpc) is 2.39. The maximum atomic E-state index is 11.5. The molecule has 0 unspecified atom stereocenters.